The van der Waals surface area contributed by atoms with Crippen molar-refractivity contribution in [2.45, 2.75) is 46.6 Å². The molecule has 17 heavy (non-hydrogen) atoms. The summed E-state index contributed by atoms with van der Waals surface area (Å²) < 4.78 is 5.16. The van der Waals surface area contributed by atoms with E-state index in [9.17, 15) is 0 Å². The second-order valence-electron chi connectivity index (χ2n) is 5.15. The fourth-order valence-corrected chi connectivity index (χ4v) is 2.04. The summed E-state index contributed by atoms with van der Waals surface area (Å²) in [5, 5.41) is 3.62. The molecule has 1 N–H and O–H groups in total. The van der Waals surface area contributed by atoms with E-state index < -0.39 is 0 Å². The van der Waals surface area contributed by atoms with Gasteiger partial charge in [0.15, 0.2) is 0 Å². The van der Waals surface area contributed by atoms with E-state index in [4.69, 9.17) is 4.74 Å². The fraction of sp³-hybridized carbons (Fsp3) is 1.00. The number of nitrogens with one attached hydrogen (secondary N) is 1. The first kappa shape index (κ1) is 16.9. The molecule has 0 atom stereocenters. The van der Waals surface area contributed by atoms with E-state index >= 15 is 0 Å². The van der Waals surface area contributed by atoms with Crippen molar-refractivity contribution in [1.82, 2.24) is 10.2 Å². The zero-order valence-corrected chi connectivity index (χ0v) is 12.5. The van der Waals surface area contributed by atoms with Gasteiger partial charge in [-0.3, -0.25) is 4.90 Å². The molecule has 0 bridgehead atoms. The molecule has 0 aliphatic heterocycles. The first-order valence-corrected chi connectivity index (χ1v) is 7.08. The molecular weight excluding hydrogens is 212 g/mol. The molecule has 0 amide bonds. The summed E-state index contributed by atoms with van der Waals surface area (Å²) in [6, 6.07) is 0.679. The van der Waals surface area contributed by atoms with Crippen LogP contribution < -0.4 is 5.32 Å². The zero-order chi connectivity index (χ0) is 13.1. The molecule has 3 nitrogen and oxygen atoms in total. The lowest BCUT2D eigenvalue weighted by Crippen LogP contribution is -2.39. The maximum atomic E-state index is 5.16. The highest BCUT2D eigenvalue weighted by Crippen LogP contribution is 1.99. The monoisotopic (exact) mass is 244 g/mol. The van der Waals surface area contributed by atoms with Gasteiger partial charge in [-0.05, 0) is 18.8 Å². The van der Waals surface area contributed by atoms with Crippen LogP contribution in [0.3, 0.4) is 0 Å². The van der Waals surface area contributed by atoms with Gasteiger partial charge in [0, 0.05) is 39.3 Å². The first-order valence-electron chi connectivity index (χ1n) is 7.08. The van der Waals surface area contributed by atoms with Gasteiger partial charge in [0.25, 0.3) is 0 Å². The Balaban J connectivity index is 3.81. The van der Waals surface area contributed by atoms with Gasteiger partial charge in [0.1, 0.15) is 0 Å². The summed E-state index contributed by atoms with van der Waals surface area (Å²) in [5.41, 5.74) is 0. The third-order valence-corrected chi connectivity index (χ3v) is 3.08. The van der Waals surface area contributed by atoms with E-state index in [1.165, 1.54) is 12.8 Å². The van der Waals surface area contributed by atoms with Crippen molar-refractivity contribution < 1.29 is 4.74 Å². The number of hydrogen-bond acceptors (Lipinski definition) is 3. The molecule has 0 aromatic heterocycles. The summed E-state index contributed by atoms with van der Waals surface area (Å²) in [6.07, 6.45) is 2.44. The summed E-state index contributed by atoms with van der Waals surface area (Å²) in [5.74, 6) is 0.722. The Labute approximate surface area is 108 Å². The van der Waals surface area contributed by atoms with Crippen LogP contribution in [0.15, 0.2) is 0 Å². The van der Waals surface area contributed by atoms with Crippen LogP contribution in [0.4, 0.5) is 0 Å². The smallest absolute Gasteiger partial charge is 0.0589 e. The first-order chi connectivity index (χ1) is 8.13. The molecule has 0 rings (SSSR count). The summed E-state index contributed by atoms with van der Waals surface area (Å²) >= 11 is 0. The normalized spacial score (nSPS) is 12.0. The largest absolute Gasteiger partial charge is 0.383 e. The number of methoxy groups -OCH3 is 1. The van der Waals surface area contributed by atoms with Gasteiger partial charge in [-0.25, -0.2) is 0 Å². The quantitative estimate of drug-likeness (QED) is 0.604. The Kier molecular flexibility index (Phi) is 10.9. The maximum Gasteiger partial charge on any atom is 0.0589 e. The summed E-state index contributed by atoms with van der Waals surface area (Å²) in [7, 11) is 1.77. The van der Waals surface area contributed by atoms with Crippen LogP contribution in [0.1, 0.15) is 40.5 Å². The highest BCUT2D eigenvalue weighted by atomic mass is 16.5. The van der Waals surface area contributed by atoms with E-state index in [1.807, 2.05) is 0 Å². The van der Waals surface area contributed by atoms with Crippen molar-refractivity contribution in [2.75, 3.05) is 39.9 Å². The highest BCUT2D eigenvalue weighted by molar-refractivity contribution is 4.66. The average Bonchev–Trinajstić information content (AvgIpc) is 2.30. The molecular formula is C14H32N2O. The van der Waals surface area contributed by atoms with Crippen LogP contribution in [-0.2, 0) is 4.74 Å². The molecule has 0 saturated carbocycles. The Morgan fingerprint density at radius 2 is 1.76 bits per heavy atom. The SMILES string of the molecule is CCC(CC)NCCN(CCOC)CC(C)C. The minimum Gasteiger partial charge on any atom is -0.383 e. The predicted octanol–water partition coefficient (Wildman–Crippen LogP) is 2.37. The van der Waals surface area contributed by atoms with Gasteiger partial charge in [-0.15, -0.1) is 0 Å². The topological polar surface area (TPSA) is 24.5 Å². The minimum absolute atomic E-state index is 0.679. The molecule has 0 aliphatic rings. The molecule has 0 saturated heterocycles. The third-order valence-electron chi connectivity index (χ3n) is 3.08. The Morgan fingerprint density at radius 3 is 2.24 bits per heavy atom. The highest BCUT2D eigenvalue weighted by Gasteiger charge is 2.08. The number of hydrogen-bond donors (Lipinski definition) is 1. The van der Waals surface area contributed by atoms with E-state index in [1.54, 1.807) is 7.11 Å². The lowest BCUT2D eigenvalue weighted by atomic mass is 10.2. The zero-order valence-electron chi connectivity index (χ0n) is 12.5. The third kappa shape index (κ3) is 9.57. The molecule has 0 aliphatic carbocycles. The number of rotatable bonds is 11. The van der Waals surface area contributed by atoms with E-state index in [2.05, 4.69) is 37.9 Å². The van der Waals surface area contributed by atoms with Crippen LogP contribution in [-0.4, -0.2) is 50.8 Å². The van der Waals surface area contributed by atoms with Gasteiger partial charge in [0.05, 0.1) is 6.61 Å². The second-order valence-corrected chi connectivity index (χ2v) is 5.15. The Bertz CT molecular complexity index is 158. The van der Waals surface area contributed by atoms with E-state index in [0.717, 1.165) is 38.7 Å². The molecule has 0 aromatic rings. The lowest BCUT2D eigenvalue weighted by Gasteiger charge is -2.25. The van der Waals surface area contributed by atoms with Gasteiger partial charge in [-0.2, -0.15) is 0 Å². The molecule has 0 unspecified atom stereocenters. The van der Waals surface area contributed by atoms with Gasteiger partial charge in [0.2, 0.25) is 0 Å². The van der Waals surface area contributed by atoms with Crippen molar-refractivity contribution in [1.29, 1.82) is 0 Å². The Morgan fingerprint density at radius 1 is 1.12 bits per heavy atom. The van der Waals surface area contributed by atoms with E-state index in [-0.39, 0.29) is 0 Å². The van der Waals surface area contributed by atoms with E-state index in [0.29, 0.717) is 6.04 Å². The average molecular weight is 244 g/mol. The van der Waals surface area contributed by atoms with Gasteiger partial charge >= 0.3 is 0 Å². The molecule has 0 aromatic carbocycles. The fourth-order valence-electron chi connectivity index (χ4n) is 2.04. The number of ether oxygens (including phenoxy) is 1. The lowest BCUT2D eigenvalue weighted by molar-refractivity contribution is 0.139. The van der Waals surface area contributed by atoms with Crippen LogP contribution in [0.2, 0.25) is 0 Å². The Hall–Kier alpha value is -0.120. The van der Waals surface area contributed by atoms with Gasteiger partial charge < -0.3 is 10.1 Å². The second kappa shape index (κ2) is 11.0. The maximum absolute atomic E-state index is 5.16. The molecule has 0 spiro atoms. The van der Waals surface area contributed by atoms with Crippen molar-refractivity contribution >= 4 is 0 Å². The van der Waals surface area contributed by atoms with Gasteiger partial charge in [-0.1, -0.05) is 27.7 Å². The van der Waals surface area contributed by atoms with Crippen molar-refractivity contribution in [3.8, 4) is 0 Å². The standard InChI is InChI=1S/C14H32N2O/c1-6-14(7-2)15-8-9-16(10-11-17-5)12-13(3)4/h13-15H,6-12H2,1-5H3. The summed E-state index contributed by atoms with van der Waals surface area (Å²) in [4.78, 5) is 2.49. The molecule has 0 fully saturated rings. The molecule has 104 valence electrons. The van der Waals surface area contributed by atoms with Crippen molar-refractivity contribution in [3.63, 3.8) is 0 Å². The molecule has 0 radical (unpaired) electrons. The van der Waals surface area contributed by atoms with Crippen LogP contribution in [0.25, 0.3) is 0 Å². The summed E-state index contributed by atoms with van der Waals surface area (Å²) in [6.45, 7) is 14.3. The number of nitrogens with zero attached hydrogens (tertiary/aromatic N) is 1. The van der Waals surface area contributed by atoms with Crippen LogP contribution in [0.5, 0.6) is 0 Å². The minimum atomic E-state index is 0.679. The van der Waals surface area contributed by atoms with Crippen LogP contribution in [0, 0.1) is 5.92 Å². The van der Waals surface area contributed by atoms with Crippen molar-refractivity contribution in [3.05, 3.63) is 0 Å². The van der Waals surface area contributed by atoms with Crippen LogP contribution >= 0.6 is 0 Å². The molecule has 0 heterocycles. The predicted molar refractivity (Wildman–Crippen MR) is 75.5 cm³/mol. The molecule has 3 heteroatoms. The van der Waals surface area contributed by atoms with Crippen molar-refractivity contribution in [2.24, 2.45) is 5.92 Å².